The van der Waals surface area contributed by atoms with Crippen molar-refractivity contribution in [1.82, 2.24) is 0 Å². The summed E-state index contributed by atoms with van der Waals surface area (Å²) >= 11 is 0. The van der Waals surface area contributed by atoms with Crippen LogP contribution < -0.4 is 5.32 Å². The molecule has 15 heavy (non-hydrogen) atoms. The number of rotatable bonds is 6. The van der Waals surface area contributed by atoms with Crippen LogP contribution in [0.3, 0.4) is 0 Å². The molecule has 1 aromatic rings. The Morgan fingerprint density at radius 2 is 2.20 bits per heavy atom. The maximum atomic E-state index is 8.44. The highest BCUT2D eigenvalue weighted by Crippen LogP contribution is 2.15. The van der Waals surface area contributed by atoms with Crippen LogP contribution in [0.5, 0.6) is 0 Å². The Labute approximate surface area is 90.7 Å². The molecule has 0 saturated carbocycles. The first-order valence-corrected chi connectivity index (χ1v) is 5.06. The molecule has 0 aliphatic heterocycles. The average Bonchev–Trinajstić information content (AvgIpc) is 2.28. The molecule has 80 valence electrons. The number of methoxy groups -OCH3 is 1. The predicted molar refractivity (Wildman–Crippen MR) is 60.7 cm³/mol. The Balaban J connectivity index is 2.56. The maximum Gasteiger partial charge on any atom is 0.0640 e. The quantitative estimate of drug-likeness (QED) is 0.722. The fraction of sp³-hybridized carbons (Fsp3) is 0.417. The second-order valence-electron chi connectivity index (χ2n) is 3.23. The molecule has 0 fully saturated rings. The largest absolute Gasteiger partial charge is 0.384 e. The molecule has 0 aliphatic carbocycles. The van der Waals surface area contributed by atoms with Crippen molar-refractivity contribution in [3.8, 4) is 6.07 Å². The normalized spacial score (nSPS) is 9.60. The minimum Gasteiger partial charge on any atom is -0.384 e. The van der Waals surface area contributed by atoms with Crippen molar-refractivity contribution in [1.29, 1.82) is 5.26 Å². The highest BCUT2D eigenvalue weighted by molar-refractivity contribution is 5.51. The summed E-state index contributed by atoms with van der Waals surface area (Å²) in [5, 5.41) is 11.7. The zero-order chi connectivity index (χ0) is 10.9. The molecule has 1 aromatic carbocycles. The van der Waals surface area contributed by atoms with Crippen LogP contribution >= 0.6 is 0 Å². The molecule has 3 heteroatoms. The molecule has 1 N–H and O–H groups in total. The molecule has 0 heterocycles. The van der Waals surface area contributed by atoms with Gasteiger partial charge in [-0.25, -0.2) is 0 Å². The maximum absolute atomic E-state index is 8.44. The molecule has 1 rings (SSSR count). The summed E-state index contributed by atoms with van der Waals surface area (Å²) in [4.78, 5) is 0. The van der Waals surface area contributed by atoms with Crippen molar-refractivity contribution >= 4 is 5.69 Å². The lowest BCUT2D eigenvalue weighted by molar-refractivity contribution is 0.202. The minimum atomic E-state index is 0.526. The summed E-state index contributed by atoms with van der Waals surface area (Å²) in [6, 6.07) is 10.2. The van der Waals surface area contributed by atoms with E-state index >= 15 is 0 Å². The first kappa shape index (κ1) is 11.5. The highest BCUT2D eigenvalue weighted by atomic mass is 16.5. The van der Waals surface area contributed by atoms with E-state index in [-0.39, 0.29) is 0 Å². The molecular formula is C12H16N2O. The van der Waals surface area contributed by atoms with Gasteiger partial charge in [0.25, 0.3) is 0 Å². The molecule has 0 atom stereocenters. The van der Waals surface area contributed by atoms with Crippen molar-refractivity contribution in [2.45, 2.75) is 12.8 Å². The topological polar surface area (TPSA) is 45.0 Å². The van der Waals surface area contributed by atoms with Gasteiger partial charge in [-0.15, -0.1) is 0 Å². The summed E-state index contributed by atoms with van der Waals surface area (Å²) in [6.07, 6.45) is 1.42. The van der Waals surface area contributed by atoms with E-state index in [1.165, 1.54) is 5.56 Å². The van der Waals surface area contributed by atoms with Crippen LogP contribution in [0, 0.1) is 11.3 Å². The number of anilines is 1. The van der Waals surface area contributed by atoms with Crippen LogP contribution in [0.25, 0.3) is 0 Å². The minimum absolute atomic E-state index is 0.526. The van der Waals surface area contributed by atoms with E-state index in [0.29, 0.717) is 13.0 Å². The highest BCUT2D eigenvalue weighted by Gasteiger charge is 1.99. The van der Waals surface area contributed by atoms with E-state index in [1.54, 1.807) is 7.11 Å². The summed E-state index contributed by atoms with van der Waals surface area (Å²) < 4.78 is 5.05. The lowest BCUT2D eigenvalue weighted by atomic mass is 10.1. The van der Waals surface area contributed by atoms with Crippen LogP contribution in [0.2, 0.25) is 0 Å². The smallest absolute Gasteiger partial charge is 0.0640 e. The van der Waals surface area contributed by atoms with Crippen LogP contribution in [-0.2, 0) is 11.2 Å². The van der Waals surface area contributed by atoms with Crippen molar-refractivity contribution in [3.63, 3.8) is 0 Å². The fourth-order valence-electron chi connectivity index (χ4n) is 1.38. The number of hydrogen-bond donors (Lipinski definition) is 1. The third-order valence-electron chi connectivity index (χ3n) is 2.15. The molecule has 0 saturated heterocycles. The van der Waals surface area contributed by atoms with Crippen molar-refractivity contribution in [2.24, 2.45) is 0 Å². The fourth-order valence-corrected chi connectivity index (χ4v) is 1.38. The summed E-state index contributed by atoms with van der Waals surface area (Å²) in [5.41, 5.74) is 2.34. The molecule has 0 aromatic heterocycles. The summed E-state index contributed by atoms with van der Waals surface area (Å²) in [7, 11) is 1.70. The molecule has 0 radical (unpaired) electrons. The number of benzene rings is 1. The van der Waals surface area contributed by atoms with Crippen molar-refractivity contribution < 1.29 is 4.74 Å². The molecule has 0 unspecified atom stereocenters. The van der Waals surface area contributed by atoms with Gasteiger partial charge in [-0.2, -0.15) is 5.26 Å². The van der Waals surface area contributed by atoms with Gasteiger partial charge in [0.05, 0.1) is 19.1 Å². The Morgan fingerprint density at radius 1 is 1.40 bits per heavy atom. The molecular weight excluding hydrogens is 188 g/mol. The molecule has 0 bridgehead atoms. The van der Waals surface area contributed by atoms with E-state index in [0.717, 1.165) is 18.7 Å². The number of hydrogen-bond acceptors (Lipinski definition) is 3. The van der Waals surface area contributed by atoms with Crippen LogP contribution in [0.4, 0.5) is 5.69 Å². The van der Waals surface area contributed by atoms with Gasteiger partial charge in [-0.3, -0.25) is 0 Å². The van der Waals surface area contributed by atoms with Gasteiger partial charge < -0.3 is 10.1 Å². The monoisotopic (exact) mass is 204 g/mol. The van der Waals surface area contributed by atoms with Gasteiger partial charge in [-0.05, 0) is 18.1 Å². The second kappa shape index (κ2) is 6.86. The third-order valence-corrected chi connectivity index (χ3v) is 2.15. The average molecular weight is 204 g/mol. The Bertz CT molecular complexity index is 331. The van der Waals surface area contributed by atoms with E-state index in [4.69, 9.17) is 10.00 Å². The van der Waals surface area contributed by atoms with Gasteiger partial charge in [0.15, 0.2) is 0 Å². The summed E-state index contributed by atoms with van der Waals surface area (Å²) in [6.45, 7) is 1.41. The number of nitrogens with one attached hydrogen (secondary N) is 1. The van der Waals surface area contributed by atoms with E-state index < -0.39 is 0 Å². The van der Waals surface area contributed by atoms with E-state index in [2.05, 4.69) is 17.5 Å². The Kier molecular flexibility index (Phi) is 5.28. The zero-order valence-electron chi connectivity index (χ0n) is 8.99. The molecule has 0 aliphatic rings. The molecule has 0 spiro atoms. The van der Waals surface area contributed by atoms with Crippen LogP contribution in [-0.4, -0.2) is 20.3 Å². The van der Waals surface area contributed by atoms with Crippen molar-refractivity contribution in [3.05, 3.63) is 29.8 Å². The Hall–Kier alpha value is -1.53. The number of ether oxygens (including phenoxy) is 1. The SMILES string of the molecule is COCCc1ccccc1NCCC#N. The number of nitrogens with zero attached hydrogens (tertiary/aromatic N) is 1. The lowest BCUT2D eigenvalue weighted by Crippen LogP contribution is -2.05. The molecule has 3 nitrogen and oxygen atoms in total. The first-order chi connectivity index (χ1) is 7.38. The van der Waals surface area contributed by atoms with Gasteiger partial charge in [-0.1, -0.05) is 18.2 Å². The van der Waals surface area contributed by atoms with Gasteiger partial charge in [0, 0.05) is 19.3 Å². The second-order valence-corrected chi connectivity index (χ2v) is 3.23. The molecule has 0 amide bonds. The predicted octanol–water partition coefficient (Wildman–Crippen LogP) is 2.20. The first-order valence-electron chi connectivity index (χ1n) is 5.06. The van der Waals surface area contributed by atoms with Gasteiger partial charge in [0.1, 0.15) is 0 Å². The van der Waals surface area contributed by atoms with E-state index in [9.17, 15) is 0 Å². The van der Waals surface area contributed by atoms with Crippen molar-refractivity contribution in [2.75, 3.05) is 25.6 Å². The Morgan fingerprint density at radius 3 is 2.93 bits per heavy atom. The van der Waals surface area contributed by atoms with Gasteiger partial charge >= 0.3 is 0 Å². The van der Waals surface area contributed by atoms with E-state index in [1.807, 2.05) is 18.2 Å². The van der Waals surface area contributed by atoms with Crippen LogP contribution in [0.1, 0.15) is 12.0 Å². The van der Waals surface area contributed by atoms with Crippen LogP contribution in [0.15, 0.2) is 24.3 Å². The third kappa shape index (κ3) is 4.01. The zero-order valence-corrected chi connectivity index (χ0v) is 8.99. The van der Waals surface area contributed by atoms with Gasteiger partial charge in [0.2, 0.25) is 0 Å². The number of para-hydroxylation sites is 1. The standard InChI is InChI=1S/C12H16N2O/c1-15-10-7-11-5-2-3-6-12(11)14-9-4-8-13/h2-3,5-6,14H,4,7,9-10H2,1H3. The number of nitriles is 1. The lowest BCUT2D eigenvalue weighted by Gasteiger charge is -2.10. The summed E-state index contributed by atoms with van der Waals surface area (Å²) in [5.74, 6) is 0.